The minimum absolute atomic E-state index is 0. The summed E-state index contributed by atoms with van der Waals surface area (Å²) in [5, 5.41) is 17.9. The predicted octanol–water partition coefficient (Wildman–Crippen LogP) is 3.74. The van der Waals surface area contributed by atoms with Crippen molar-refractivity contribution < 1.29 is 5.11 Å². The van der Waals surface area contributed by atoms with Crippen molar-refractivity contribution in [2.75, 3.05) is 18.4 Å². The van der Waals surface area contributed by atoms with E-state index in [-0.39, 0.29) is 23.6 Å². The van der Waals surface area contributed by atoms with E-state index < -0.39 is 0 Å². The standard InChI is InChI=1S/C22H28N4O2.ClH/c1-16-14-21(27)22(28)20(26(16)2)15-23-11-6-3-7-12-24-19-10-13-25-18-9-5-4-8-17(18)19;/h4-5,8-10,13-14,23,28H,3,6-7,11-12,15H2,1-2H3,(H,24,25);1H. The number of hydrogen-bond donors (Lipinski definition) is 3. The van der Waals surface area contributed by atoms with Crippen LogP contribution in [0.15, 0.2) is 47.4 Å². The third-order valence-electron chi connectivity index (χ3n) is 5.07. The van der Waals surface area contributed by atoms with Gasteiger partial charge < -0.3 is 20.3 Å². The van der Waals surface area contributed by atoms with E-state index in [1.54, 1.807) is 0 Å². The maximum Gasteiger partial charge on any atom is 0.223 e. The molecule has 0 aliphatic carbocycles. The zero-order chi connectivity index (χ0) is 19.9. The summed E-state index contributed by atoms with van der Waals surface area (Å²) in [6.07, 6.45) is 5.05. The highest BCUT2D eigenvalue weighted by atomic mass is 35.5. The zero-order valence-corrected chi connectivity index (χ0v) is 17.8. The highest BCUT2D eigenvalue weighted by Gasteiger charge is 2.09. The average molecular weight is 417 g/mol. The lowest BCUT2D eigenvalue weighted by atomic mass is 10.2. The van der Waals surface area contributed by atoms with Crippen molar-refractivity contribution >= 4 is 29.0 Å². The molecule has 0 spiro atoms. The van der Waals surface area contributed by atoms with Gasteiger partial charge in [0, 0.05) is 49.2 Å². The fourth-order valence-electron chi connectivity index (χ4n) is 3.30. The molecule has 0 fully saturated rings. The van der Waals surface area contributed by atoms with Crippen LogP contribution in [0, 0.1) is 6.92 Å². The number of rotatable bonds is 9. The molecule has 0 amide bonds. The number of unbranched alkanes of at least 4 members (excludes halogenated alkanes) is 2. The Morgan fingerprint density at radius 1 is 1.10 bits per heavy atom. The van der Waals surface area contributed by atoms with Gasteiger partial charge in [-0.1, -0.05) is 24.6 Å². The molecule has 0 aliphatic rings. The smallest absolute Gasteiger partial charge is 0.223 e. The Balaban J connectivity index is 0.00000300. The van der Waals surface area contributed by atoms with Crippen molar-refractivity contribution in [1.82, 2.24) is 14.9 Å². The molecule has 0 bridgehead atoms. The molecule has 156 valence electrons. The van der Waals surface area contributed by atoms with E-state index in [4.69, 9.17) is 0 Å². The van der Waals surface area contributed by atoms with Crippen LogP contribution in [0.1, 0.15) is 30.7 Å². The first-order valence-electron chi connectivity index (χ1n) is 9.74. The van der Waals surface area contributed by atoms with Gasteiger partial charge in [-0.25, -0.2) is 0 Å². The van der Waals surface area contributed by atoms with Gasteiger partial charge in [-0.15, -0.1) is 12.4 Å². The van der Waals surface area contributed by atoms with E-state index >= 15 is 0 Å². The van der Waals surface area contributed by atoms with Crippen molar-refractivity contribution in [2.24, 2.45) is 7.05 Å². The van der Waals surface area contributed by atoms with Crippen molar-refractivity contribution in [3.05, 3.63) is 64.2 Å². The third kappa shape index (κ3) is 5.71. The lowest BCUT2D eigenvalue weighted by Crippen LogP contribution is -2.21. The van der Waals surface area contributed by atoms with Crippen molar-refractivity contribution in [2.45, 2.75) is 32.7 Å². The van der Waals surface area contributed by atoms with E-state index in [2.05, 4.69) is 21.7 Å². The topological polar surface area (TPSA) is 79.2 Å². The predicted molar refractivity (Wildman–Crippen MR) is 121 cm³/mol. The molecule has 1 aromatic carbocycles. The molecule has 0 aliphatic heterocycles. The van der Waals surface area contributed by atoms with Crippen LogP contribution in [0.2, 0.25) is 0 Å². The number of nitrogens with zero attached hydrogens (tertiary/aromatic N) is 2. The highest BCUT2D eigenvalue weighted by molar-refractivity contribution is 5.90. The first kappa shape index (κ1) is 22.7. The molecule has 3 rings (SSSR count). The van der Waals surface area contributed by atoms with Crippen molar-refractivity contribution in [1.29, 1.82) is 0 Å². The van der Waals surface area contributed by atoms with Gasteiger partial charge in [-0.2, -0.15) is 0 Å². The quantitative estimate of drug-likeness (QED) is 0.463. The molecule has 6 nitrogen and oxygen atoms in total. The molecule has 0 radical (unpaired) electrons. The molecular formula is C22H29ClN4O2. The Morgan fingerprint density at radius 3 is 2.69 bits per heavy atom. The van der Waals surface area contributed by atoms with Gasteiger partial charge in [-0.05, 0) is 38.4 Å². The molecule has 7 heteroatoms. The first-order chi connectivity index (χ1) is 13.6. The van der Waals surface area contributed by atoms with Gasteiger partial charge in [-0.3, -0.25) is 9.78 Å². The van der Waals surface area contributed by atoms with Gasteiger partial charge >= 0.3 is 0 Å². The average Bonchev–Trinajstić information content (AvgIpc) is 2.70. The number of para-hydroxylation sites is 1. The molecule has 3 N–H and O–H groups in total. The molecule has 2 aromatic heterocycles. The van der Waals surface area contributed by atoms with Gasteiger partial charge in [0.2, 0.25) is 5.43 Å². The molecule has 29 heavy (non-hydrogen) atoms. The Morgan fingerprint density at radius 2 is 1.86 bits per heavy atom. The van der Waals surface area contributed by atoms with Gasteiger partial charge in [0.25, 0.3) is 0 Å². The number of aryl methyl sites for hydroxylation is 1. The third-order valence-corrected chi connectivity index (χ3v) is 5.07. The largest absolute Gasteiger partial charge is 0.503 e. The number of fused-ring (bicyclic) bond motifs is 1. The van der Waals surface area contributed by atoms with E-state index in [1.165, 1.54) is 6.07 Å². The summed E-state index contributed by atoms with van der Waals surface area (Å²) in [5.41, 5.74) is 3.29. The Kier molecular flexibility index (Phi) is 8.49. The summed E-state index contributed by atoms with van der Waals surface area (Å²) < 4.78 is 1.85. The van der Waals surface area contributed by atoms with Crippen LogP contribution in [-0.2, 0) is 13.6 Å². The number of hydrogen-bond acceptors (Lipinski definition) is 5. The van der Waals surface area contributed by atoms with Gasteiger partial charge in [0.1, 0.15) is 0 Å². The Hall–Kier alpha value is -2.57. The molecule has 0 atom stereocenters. The highest BCUT2D eigenvalue weighted by Crippen LogP contribution is 2.20. The minimum atomic E-state index is -0.317. The number of nitrogens with one attached hydrogen (secondary N) is 2. The summed E-state index contributed by atoms with van der Waals surface area (Å²) in [5.74, 6) is -0.158. The molecular weight excluding hydrogens is 388 g/mol. The maximum absolute atomic E-state index is 11.7. The normalized spacial score (nSPS) is 10.7. The summed E-state index contributed by atoms with van der Waals surface area (Å²) in [4.78, 5) is 16.1. The van der Waals surface area contributed by atoms with Gasteiger partial charge in [0.05, 0.1) is 11.2 Å². The summed E-state index contributed by atoms with van der Waals surface area (Å²) in [7, 11) is 1.86. The van der Waals surface area contributed by atoms with Crippen LogP contribution < -0.4 is 16.1 Å². The fourth-order valence-corrected chi connectivity index (χ4v) is 3.30. The monoisotopic (exact) mass is 416 g/mol. The number of anilines is 1. The first-order valence-corrected chi connectivity index (χ1v) is 9.74. The van der Waals surface area contributed by atoms with E-state index in [0.29, 0.717) is 12.2 Å². The molecule has 0 saturated heterocycles. The molecule has 0 unspecified atom stereocenters. The van der Waals surface area contributed by atoms with Crippen molar-refractivity contribution in [3.8, 4) is 5.75 Å². The molecule has 3 aromatic rings. The van der Waals surface area contributed by atoms with E-state index in [1.807, 2.05) is 49.0 Å². The minimum Gasteiger partial charge on any atom is -0.503 e. The maximum atomic E-state index is 11.7. The Bertz CT molecular complexity index is 999. The van der Waals surface area contributed by atoms with Crippen LogP contribution in [0.5, 0.6) is 5.75 Å². The van der Waals surface area contributed by atoms with Crippen molar-refractivity contribution in [3.63, 3.8) is 0 Å². The SMILES string of the molecule is Cc1cc(=O)c(O)c(CNCCCCCNc2ccnc3ccccc23)n1C.Cl. The second-order valence-electron chi connectivity index (χ2n) is 7.04. The second kappa shape index (κ2) is 10.8. The zero-order valence-electron chi connectivity index (χ0n) is 16.9. The van der Waals surface area contributed by atoms with Gasteiger partial charge in [0.15, 0.2) is 5.75 Å². The van der Waals surface area contributed by atoms with Crippen LogP contribution >= 0.6 is 12.4 Å². The summed E-state index contributed by atoms with van der Waals surface area (Å²) in [6, 6.07) is 11.6. The lowest BCUT2D eigenvalue weighted by Gasteiger charge is -2.14. The van der Waals surface area contributed by atoms with Crippen LogP contribution in [0.3, 0.4) is 0 Å². The lowest BCUT2D eigenvalue weighted by molar-refractivity contribution is 0.445. The van der Waals surface area contributed by atoms with Crippen LogP contribution in [0.4, 0.5) is 5.69 Å². The second-order valence-corrected chi connectivity index (χ2v) is 7.04. The number of benzene rings is 1. The number of pyridine rings is 2. The van der Waals surface area contributed by atoms with E-state index in [0.717, 1.165) is 54.6 Å². The van der Waals surface area contributed by atoms with Crippen LogP contribution in [0.25, 0.3) is 10.9 Å². The summed E-state index contributed by atoms with van der Waals surface area (Å²) >= 11 is 0. The van der Waals surface area contributed by atoms with Crippen LogP contribution in [-0.4, -0.2) is 27.7 Å². The number of halogens is 1. The molecule has 2 heterocycles. The number of aromatic hydroxyl groups is 1. The molecule has 0 saturated carbocycles. The number of aromatic nitrogens is 2. The Labute approximate surface area is 177 Å². The summed E-state index contributed by atoms with van der Waals surface area (Å²) in [6.45, 7) is 4.12. The van der Waals surface area contributed by atoms with E-state index in [9.17, 15) is 9.90 Å². The fraction of sp³-hybridized carbons (Fsp3) is 0.364.